The molecule has 7 heteroatoms. The average molecular weight is 400 g/mol. The van der Waals surface area contributed by atoms with E-state index < -0.39 is 6.10 Å². The quantitative estimate of drug-likeness (QED) is 0.728. The summed E-state index contributed by atoms with van der Waals surface area (Å²) in [5.41, 5.74) is 2.13. The third kappa shape index (κ3) is 4.93. The van der Waals surface area contributed by atoms with Crippen LogP contribution in [-0.4, -0.2) is 69.3 Å². The number of nitrogens with zero attached hydrogens (tertiary/aromatic N) is 2. The molecule has 2 aliphatic rings. The number of para-hydroxylation sites is 2. The lowest BCUT2D eigenvalue weighted by atomic mass is 10.2. The second-order valence-electron chi connectivity index (χ2n) is 7.32. The van der Waals surface area contributed by atoms with Gasteiger partial charge in [-0.25, -0.2) is 0 Å². The molecule has 7 nitrogen and oxygen atoms in total. The fourth-order valence-electron chi connectivity index (χ4n) is 3.76. The zero-order valence-corrected chi connectivity index (χ0v) is 16.8. The third-order valence-electron chi connectivity index (χ3n) is 5.28. The summed E-state index contributed by atoms with van der Waals surface area (Å²) >= 11 is 0. The van der Waals surface area contributed by atoms with Gasteiger partial charge in [-0.1, -0.05) is 18.2 Å². The average Bonchev–Trinajstić information content (AvgIpc) is 3.22. The van der Waals surface area contributed by atoms with E-state index in [1.807, 2.05) is 36.4 Å². The monoisotopic (exact) mass is 400 g/mol. The van der Waals surface area contributed by atoms with E-state index in [1.165, 1.54) is 0 Å². The number of anilines is 1. The minimum atomic E-state index is -0.512. The number of benzene rings is 2. The highest BCUT2D eigenvalue weighted by atomic mass is 16.7. The highest BCUT2D eigenvalue weighted by Crippen LogP contribution is 2.32. The van der Waals surface area contributed by atoms with Crippen LogP contribution in [0.25, 0.3) is 0 Å². The van der Waals surface area contributed by atoms with Crippen molar-refractivity contribution in [2.75, 3.05) is 58.1 Å². The van der Waals surface area contributed by atoms with Gasteiger partial charge in [-0.3, -0.25) is 4.90 Å². The van der Waals surface area contributed by atoms with E-state index in [0.29, 0.717) is 19.8 Å². The molecule has 1 saturated heterocycles. The van der Waals surface area contributed by atoms with Crippen LogP contribution in [0.1, 0.15) is 5.56 Å². The molecule has 1 unspecified atom stereocenters. The van der Waals surface area contributed by atoms with Crippen molar-refractivity contribution in [3.8, 4) is 17.2 Å². The van der Waals surface area contributed by atoms with Crippen LogP contribution in [0.5, 0.6) is 17.2 Å². The van der Waals surface area contributed by atoms with Crippen LogP contribution in [0.2, 0.25) is 0 Å². The second kappa shape index (κ2) is 9.35. The minimum Gasteiger partial charge on any atom is -0.495 e. The van der Waals surface area contributed by atoms with Gasteiger partial charge < -0.3 is 29.0 Å². The summed E-state index contributed by atoms with van der Waals surface area (Å²) < 4.78 is 21.9. The normalized spacial score (nSPS) is 17.4. The smallest absolute Gasteiger partial charge is 0.231 e. The first kappa shape index (κ1) is 19.8. The Kier molecular flexibility index (Phi) is 6.39. The summed E-state index contributed by atoms with van der Waals surface area (Å²) in [7, 11) is 1.70. The molecule has 0 bridgehead atoms. The van der Waals surface area contributed by atoms with Crippen molar-refractivity contribution in [2.45, 2.75) is 12.7 Å². The lowest BCUT2D eigenvalue weighted by Gasteiger charge is -2.37. The van der Waals surface area contributed by atoms with Gasteiger partial charge in [-0.05, 0) is 29.8 Å². The second-order valence-corrected chi connectivity index (χ2v) is 7.32. The minimum absolute atomic E-state index is 0.267. The van der Waals surface area contributed by atoms with Gasteiger partial charge in [0.15, 0.2) is 11.5 Å². The Labute approximate surface area is 171 Å². The number of hydrogen-bond acceptors (Lipinski definition) is 7. The van der Waals surface area contributed by atoms with E-state index in [-0.39, 0.29) is 6.79 Å². The highest BCUT2D eigenvalue weighted by Gasteiger charge is 2.21. The van der Waals surface area contributed by atoms with Crippen LogP contribution in [0.4, 0.5) is 5.69 Å². The predicted octanol–water partition coefficient (Wildman–Crippen LogP) is 2.12. The molecule has 4 rings (SSSR count). The van der Waals surface area contributed by atoms with Crippen molar-refractivity contribution in [1.82, 2.24) is 4.90 Å². The molecule has 1 atom stereocenters. The maximum Gasteiger partial charge on any atom is 0.231 e. The summed E-state index contributed by atoms with van der Waals surface area (Å²) in [6, 6.07) is 13.9. The van der Waals surface area contributed by atoms with Crippen LogP contribution in [0.15, 0.2) is 42.5 Å². The number of piperazine rings is 1. The molecule has 0 radical (unpaired) electrons. The van der Waals surface area contributed by atoms with E-state index in [0.717, 1.165) is 54.7 Å². The van der Waals surface area contributed by atoms with Gasteiger partial charge >= 0.3 is 0 Å². The van der Waals surface area contributed by atoms with E-state index >= 15 is 0 Å². The summed E-state index contributed by atoms with van der Waals surface area (Å²) in [6.45, 7) is 5.24. The Bertz CT molecular complexity index is 808. The lowest BCUT2D eigenvalue weighted by molar-refractivity contribution is 0.00910. The number of methoxy groups -OCH3 is 1. The molecule has 1 N–H and O–H groups in total. The molecule has 156 valence electrons. The zero-order chi connectivity index (χ0) is 20.1. The SMILES string of the molecule is COc1ccccc1N1CCN(CC(O)COCc2ccc3c(c2)OCO3)CC1. The predicted molar refractivity (Wildman–Crippen MR) is 110 cm³/mol. The number of aliphatic hydroxyl groups excluding tert-OH is 1. The van der Waals surface area contributed by atoms with Gasteiger partial charge in [0.05, 0.1) is 32.1 Å². The maximum absolute atomic E-state index is 10.4. The zero-order valence-electron chi connectivity index (χ0n) is 16.8. The Morgan fingerprint density at radius 1 is 1.03 bits per heavy atom. The first-order chi connectivity index (χ1) is 14.2. The molecule has 0 aromatic heterocycles. The molecule has 29 heavy (non-hydrogen) atoms. The summed E-state index contributed by atoms with van der Waals surface area (Å²) in [4.78, 5) is 4.61. The Hall–Kier alpha value is -2.48. The molecule has 2 aromatic carbocycles. The highest BCUT2D eigenvalue weighted by molar-refractivity contribution is 5.58. The molecule has 2 aromatic rings. The Balaban J connectivity index is 1.18. The molecule has 0 aliphatic carbocycles. The van der Waals surface area contributed by atoms with Gasteiger partial charge in [-0.2, -0.15) is 0 Å². The topological polar surface area (TPSA) is 63.6 Å². The van der Waals surface area contributed by atoms with Gasteiger partial charge in [0.2, 0.25) is 6.79 Å². The van der Waals surface area contributed by atoms with E-state index in [4.69, 9.17) is 18.9 Å². The van der Waals surface area contributed by atoms with Crippen LogP contribution in [0, 0.1) is 0 Å². The Morgan fingerprint density at radius 2 is 1.83 bits per heavy atom. The lowest BCUT2D eigenvalue weighted by Crippen LogP contribution is -2.49. The molecular formula is C22H28N2O5. The number of β-amino-alcohol motifs (C(OH)–C–C–N with tert-alkyl or cyclic N) is 1. The van der Waals surface area contributed by atoms with Crippen molar-refractivity contribution in [3.63, 3.8) is 0 Å². The first-order valence-electron chi connectivity index (χ1n) is 9.97. The van der Waals surface area contributed by atoms with Crippen molar-refractivity contribution < 1.29 is 24.1 Å². The van der Waals surface area contributed by atoms with Crippen molar-refractivity contribution in [1.29, 1.82) is 0 Å². The van der Waals surface area contributed by atoms with Crippen LogP contribution >= 0.6 is 0 Å². The molecule has 0 amide bonds. The molecule has 0 saturated carbocycles. The number of ether oxygens (including phenoxy) is 4. The van der Waals surface area contributed by atoms with Crippen molar-refractivity contribution in [3.05, 3.63) is 48.0 Å². The number of rotatable bonds is 8. The summed E-state index contributed by atoms with van der Waals surface area (Å²) in [5, 5.41) is 10.4. The van der Waals surface area contributed by atoms with Gasteiger partial charge in [0.1, 0.15) is 5.75 Å². The van der Waals surface area contributed by atoms with Gasteiger partial charge in [0, 0.05) is 32.7 Å². The first-order valence-corrected chi connectivity index (χ1v) is 9.97. The van der Waals surface area contributed by atoms with Crippen molar-refractivity contribution >= 4 is 5.69 Å². The Morgan fingerprint density at radius 3 is 2.66 bits per heavy atom. The number of aliphatic hydroxyl groups is 1. The van der Waals surface area contributed by atoms with E-state index in [1.54, 1.807) is 7.11 Å². The van der Waals surface area contributed by atoms with E-state index in [9.17, 15) is 5.11 Å². The fourth-order valence-corrected chi connectivity index (χ4v) is 3.76. The standard InChI is InChI=1S/C22H28N2O5/c1-26-20-5-3-2-4-19(20)24-10-8-23(9-11-24)13-18(25)15-27-14-17-6-7-21-22(12-17)29-16-28-21/h2-7,12,18,25H,8-11,13-16H2,1H3. The molecule has 0 spiro atoms. The fraction of sp³-hybridized carbons (Fsp3) is 0.455. The van der Waals surface area contributed by atoms with Crippen LogP contribution < -0.4 is 19.1 Å². The molecular weight excluding hydrogens is 372 g/mol. The van der Waals surface area contributed by atoms with E-state index in [2.05, 4.69) is 15.9 Å². The van der Waals surface area contributed by atoms with Gasteiger partial charge in [0.25, 0.3) is 0 Å². The van der Waals surface area contributed by atoms with Gasteiger partial charge in [-0.15, -0.1) is 0 Å². The van der Waals surface area contributed by atoms with Crippen LogP contribution in [-0.2, 0) is 11.3 Å². The third-order valence-corrected chi connectivity index (χ3v) is 5.28. The number of hydrogen-bond donors (Lipinski definition) is 1. The summed E-state index contributed by atoms with van der Waals surface area (Å²) in [5.74, 6) is 2.42. The van der Waals surface area contributed by atoms with Crippen molar-refractivity contribution in [2.24, 2.45) is 0 Å². The largest absolute Gasteiger partial charge is 0.495 e. The maximum atomic E-state index is 10.4. The van der Waals surface area contributed by atoms with Crippen LogP contribution in [0.3, 0.4) is 0 Å². The molecule has 2 aliphatic heterocycles. The summed E-state index contributed by atoms with van der Waals surface area (Å²) in [6.07, 6.45) is -0.512. The molecule has 1 fully saturated rings. The number of fused-ring (bicyclic) bond motifs is 1. The molecule has 2 heterocycles.